The third-order valence-electron chi connectivity index (χ3n) is 3.64. The minimum Gasteiger partial charge on any atom is -0.367 e. The molecule has 2 aromatic rings. The van der Waals surface area contributed by atoms with Gasteiger partial charge in [-0.25, -0.2) is 15.8 Å². The monoisotopic (exact) mass is 270 g/mol. The lowest BCUT2D eigenvalue weighted by molar-refractivity contribution is 0.00953. The fourth-order valence-corrected chi connectivity index (χ4v) is 2.47. The summed E-state index contributed by atoms with van der Waals surface area (Å²) in [6.45, 7) is 2.78. The van der Waals surface area contributed by atoms with Gasteiger partial charge in [-0.2, -0.15) is 0 Å². The van der Waals surface area contributed by atoms with E-state index in [2.05, 4.69) is 15.4 Å². The van der Waals surface area contributed by atoms with Crippen molar-refractivity contribution < 1.29 is 4.74 Å². The number of nitrogens with zero attached hydrogens (tertiary/aromatic N) is 2. The highest BCUT2D eigenvalue weighted by molar-refractivity contribution is 5.62. The molecule has 1 aromatic heterocycles. The lowest BCUT2D eigenvalue weighted by Gasteiger charge is -2.22. The van der Waals surface area contributed by atoms with Gasteiger partial charge in [0.15, 0.2) is 5.82 Å². The van der Waals surface area contributed by atoms with Gasteiger partial charge in [0.1, 0.15) is 11.4 Å². The Hall–Kier alpha value is -1.98. The number of hydrogen-bond acceptors (Lipinski definition) is 5. The molecule has 0 saturated carbocycles. The summed E-state index contributed by atoms with van der Waals surface area (Å²) < 4.78 is 5.82. The predicted molar refractivity (Wildman–Crippen MR) is 77.8 cm³/mol. The van der Waals surface area contributed by atoms with Crippen LogP contribution >= 0.6 is 0 Å². The number of nitrogens with two attached hydrogens (primary N) is 1. The normalized spacial score (nSPS) is 21.9. The third-order valence-corrected chi connectivity index (χ3v) is 3.64. The molecule has 0 amide bonds. The van der Waals surface area contributed by atoms with Gasteiger partial charge >= 0.3 is 0 Å². The molecule has 1 saturated heterocycles. The van der Waals surface area contributed by atoms with Crippen LogP contribution in [0.3, 0.4) is 0 Å². The number of hydrazine groups is 1. The topological polar surface area (TPSA) is 73.1 Å². The molecule has 1 aliphatic heterocycles. The molecule has 2 heterocycles. The average Bonchev–Trinajstić information content (AvgIpc) is 2.96. The molecule has 104 valence electrons. The Bertz CT molecular complexity index is 594. The van der Waals surface area contributed by atoms with Crippen LogP contribution in [0.15, 0.2) is 36.4 Å². The van der Waals surface area contributed by atoms with Crippen LogP contribution in [-0.2, 0) is 10.3 Å². The van der Waals surface area contributed by atoms with Crippen LogP contribution in [0.1, 0.15) is 25.6 Å². The molecule has 1 atom stereocenters. The Morgan fingerprint density at radius 3 is 2.70 bits per heavy atom. The fraction of sp³-hybridized carbons (Fsp3) is 0.333. The second-order valence-electron chi connectivity index (χ2n) is 5.16. The molecule has 0 bridgehead atoms. The summed E-state index contributed by atoms with van der Waals surface area (Å²) in [4.78, 5) is 9.13. The minimum absolute atomic E-state index is 0.420. The maximum Gasteiger partial charge on any atom is 0.162 e. The number of rotatable bonds is 3. The van der Waals surface area contributed by atoms with Gasteiger partial charge in [0.25, 0.3) is 0 Å². The summed E-state index contributed by atoms with van der Waals surface area (Å²) in [7, 11) is 0. The van der Waals surface area contributed by atoms with E-state index in [1.165, 1.54) is 0 Å². The summed E-state index contributed by atoms with van der Waals surface area (Å²) in [5.74, 6) is 6.81. The van der Waals surface area contributed by atoms with Crippen LogP contribution in [-0.4, -0.2) is 16.6 Å². The Morgan fingerprint density at radius 1 is 1.25 bits per heavy atom. The highest BCUT2D eigenvalue weighted by Crippen LogP contribution is 2.35. The molecule has 1 aliphatic rings. The van der Waals surface area contributed by atoms with Crippen molar-refractivity contribution >= 4 is 5.82 Å². The second kappa shape index (κ2) is 5.19. The molecule has 0 aliphatic carbocycles. The van der Waals surface area contributed by atoms with E-state index in [0.29, 0.717) is 11.6 Å². The van der Waals surface area contributed by atoms with Crippen molar-refractivity contribution in [1.29, 1.82) is 0 Å². The molecule has 1 unspecified atom stereocenters. The zero-order chi connectivity index (χ0) is 14.0. The molecule has 0 spiro atoms. The first kappa shape index (κ1) is 13.0. The number of nitrogen functional groups attached to an aromatic ring is 1. The van der Waals surface area contributed by atoms with Gasteiger partial charge in [-0.3, -0.25) is 0 Å². The molecule has 1 fully saturated rings. The maximum absolute atomic E-state index is 5.82. The van der Waals surface area contributed by atoms with Crippen molar-refractivity contribution in [3.63, 3.8) is 0 Å². The molecular formula is C15H18N4O. The van der Waals surface area contributed by atoms with E-state index in [4.69, 9.17) is 10.6 Å². The van der Waals surface area contributed by atoms with E-state index in [0.717, 1.165) is 30.7 Å². The van der Waals surface area contributed by atoms with Gasteiger partial charge in [-0.15, -0.1) is 0 Å². The van der Waals surface area contributed by atoms with Crippen molar-refractivity contribution in [3.05, 3.63) is 42.2 Å². The molecule has 3 N–H and O–H groups in total. The lowest BCUT2D eigenvalue weighted by Crippen LogP contribution is -2.24. The van der Waals surface area contributed by atoms with E-state index < -0.39 is 5.60 Å². The molecule has 1 aromatic carbocycles. The van der Waals surface area contributed by atoms with Crippen LogP contribution in [0, 0.1) is 0 Å². The highest BCUT2D eigenvalue weighted by atomic mass is 16.5. The molecule has 5 heteroatoms. The fourth-order valence-electron chi connectivity index (χ4n) is 2.47. The van der Waals surface area contributed by atoms with E-state index in [-0.39, 0.29) is 0 Å². The Labute approximate surface area is 118 Å². The zero-order valence-corrected chi connectivity index (χ0v) is 11.5. The van der Waals surface area contributed by atoms with Gasteiger partial charge in [-0.05, 0) is 19.8 Å². The van der Waals surface area contributed by atoms with Gasteiger partial charge < -0.3 is 10.2 Å². The minimum atomic E-state index is -0.420. The Kier molecular flexibility index (Phi) is 3.38. The lowest BCUT2D eigenvalue weighted by atomic mass is 10.0. The molecule has 20 heavy (non-hydrogen) atoms. The van der Waals surface area contributed by atoms with Gasteiger partial charge in [0.2, 0.25) is 0 Å². The predicted octanol–water partition coefficient (Wildman–Crippen LogP) is 2.45. The number of nitrogens with one attached hydrogen (secondary N) is 1. The van der Waals surface area contributed by atoms with E-state index in [1.54, 1.807) is 0 Å². The SMILES string of the molecule is CC1(c2nc(NN)cc(-c3ccccc3)n2)CCCO1. The van der Waals surface area contributed by atoms with Gasteiger partial charge in [0.05, 0.1) is 5.69 Å². The first-order valence-electron chi connectivity index (χ1n) is 6.77. The number of anilines is 1. The van der Waals surface area contributed by atoms with Crippen molar-refractivity contribution in [2.24, 2.45) is 5.84 Å². The average molecular weight is 270 g/mol. The van der Waals surface area contributed by atoms with Crippen molar-refractivity contribution in [2.45, 2.75) is 25.4 Å². The maximum atomic E-state index is 5.82. The van der Waals surface area contributed by atoms with E-state index in [1.807, 2.05) is 43.3 Å². The first-order valence-corrected chi connectivity index (χ1v) is 6.77. The third kappa shape index (κ3) is 2.37. The standard InChI is InChI=1S/C15H18N4O/c1-15(8-5-9-20-15)14-17-12(10-13(18-14)19-16)11-6-3-2-4-7-11/h2-4,6-7,10H,5,8-9,16H2,1H3,(H,17,18,19). The quantitative estimate of drug-likeness (QED) is 0.662. The summed E-state index contributed by atoms with van der Waals surface area (Å²) >= 11 is 0. The largest absolute Gasteiger partial charge is 0.367 e. The first-order chi connectivity index (χ1) is 9.71. The summed E-state index contributed by atoms with van der Waals surface area (Å²) in [5.41, 5.74) is 4.08. The smallest absolute Gasteiger partial charge is 0.162 e. The number of aromatic nitrogens is 2. The van der Waals surface area contributed by atoms with Crippen LogP contribution in [0.2, 0.25) is 0 Å². The van der Waals surface area contributed by atoms with Crippen molar-refractivity contribution in [1.82, 2.24) is 9.97 Å². The Balaban J connectivity index is 2.08. The van der Waals surface area contributed by atoms with E-state index in [9.17, 15) is 0 Å². The molecule has 0 radical (unpaired) electrons. The zero-order valence-electron chi connectivity index (χ0n) is 11.5. The van der Waals surface area contributed by atoms with Crippen LogP contribution < -0.4 is 11.3 Å². The molecular weight excluding hydrogens is 252 g/mol. The summed E-state index contributed by atoms with van der Waals surface area (Å²) in [5, 5.41) is 0. The van der Waals surface area contributed by atoms with Crippen molar-refractivity contribution in [3.8, 4) is 11.3 Å². The van der Waals surface area contributed by atoms with Crippen molar-refractivity contribution in [2.75, 3.05) is 12.0 Å². The van der Waals surface area contributed by atoms with Gasteiger partial charge in [-0.1, -0.05) is 30.3 Å². The Morgan fingerprint density at radius 2 is 2.05 bits per heavy atom. The summed E-state index contributed by atoms with van der Waals surface area (Å²) in [6, 6.07) is 11.8. The second-order valence-corrected chi connectivity index (χ2v) is 5.16. The van der Waals surface area contributed by atoms with Gasteiger partial charge in [0, 0.05) is 18.2 Å². The van der Waals surface area contributed by atoms with E-state index >= 15 is 0 Å². The van der Waals surface area contributed by atoms with Crippen LogP contribution in [0.4, 0.5) is 5.82 Å². The van der Waals surface area contributed by atoms with Crippen LogP contribution in [0.25, 0.3) is 11.3 Å². The highest BCUT2D eigenvalue weighted by Gasteiger charge is 2.35. The molecule has 5 nitrogen and oxygen atoms in total. The van der Waals surface area contributed by atoms with Crippen LogP contribution in [0.5, 0.6) is 0 Å². The number of hydrogen-bond donors (Lipinski definition) is 2. The number of benzene rings is 1. The summed E-state index contributed by atoms with van der Waals surface area (Å²) in [6.07, 6.45) is 1.95. The number of ether oxygens (including phenoxy) is 1. The molecule has 3 rings (SSSR count).